The maximum absolute atomic E-state index is 12.4. The highest BCUT2D eigenvalue weighted by Crippen LogP contribution is 2.28. The lowest BCUT2D eigenvalue weighted by Crippen LogP contribution is -2.34. The Hall–Kier alpha value is -2.49. The van der Waals surface area contributed by atoms with E-state index >= 15 is 0 Å². The predicted molar refractivity (Wildman–Crippen MR) is 90.3 cm³/mol. The van der Waals surface area contributed by atoms with Gasteiger partial charge >= 0.3 is 6.09 Å². The smallest absolute Gasteiger partial charge is 0.404 e. The maximum Gasteiger partial charge on any atom is 0.404 e. The third kappa shape index (κ3) is 4.75. The average Bonchev–Trinajstić information content (AvgIpc) is 3.02. The molecule has 0 saturated heterocycles. The number of aromatic amines is 1. The lowest BCUT2D eigenvalue weighted by Gasteiger charge is -2.18. The molecule has 0 fully saturated rings. The number of amides is 2. The average molecular weight is 397 g/mol. The van der Waals surface area contributed by atoms with Crippen molar-refractivity contribution in [2.75, 3.05) is 5.32 Å². The van der Waals surface area contributed by atoms with Crippen LogP contribution in [0.15, 0.2) is 22.7 Å². The molecule has 0 spiro atoms. The summed E-state index contributed by atoms with van der Waals surface area (Å²) in [5, 5.41) is 27.6. The van der Waals surface area contributed by atoms with Gasteiger partial charge in [-0.1, -0.05) is 22.9 Å². The number of carbonyl (C=O) groups is 2. The first-order valence-corrected chi connectivity index (χ1v) is 7.99. The van der Waals surface area contributed by atoms with Gasteiger partial charge in [-0.2, -0.15) is 5.21 Å². The third-order valence-corrected chi connectivity index (χ3v) is 3.84. The van der Waals surface area contributed by atoms with E-state index in [1.54, 1.807) is 32.0 Å². The van der Waals surface area contributed by atoms with Crippen LogP contribution in [0.3, 0.4) is 0 Å². The molecule has 2 rings (SSSR count). The van der Waals surface area contributed by atoms with Crippen molar-refractivity contribution < 1.29 is 14.7 Å². The number of carbonyl (C=O) groups excluding carboxylic acids is 1. The van der Waals surface area contributed by atoms with Crippen molar-refractivity contribution in [2.45, 2.75) is 26.3 Å². The van der Waals surface area contributed by atoms with E-state index in [2.05, 4.69) is 47.2 Å². The second-order valence-electron chi connectivity index (χ2n) is 5.40. The zero-order valence-corrected chi connectivity index (χ0v) is 14.7. The largest absolute Gasteiger partial charge is 0.465 e. The van der Waals surface area contributed by atoms with Crippen molar-refractivity contribution in [3.05, 3.63) is 22.7 Å². The molecule has 1 heterocycles. The van der Waals surface area contributed by atoms with Crippen LogP contribution in [0.1, 0.15) is 20.3 Å². The van der Waals surface area contributed by atoms with Gasteiger partial charge in [0.1, 0.15) is 0 Å². The maximum atomic E-state index is 12.4. The molecule has 0 radical (unpaired) electrons. The van der Waals surface area contributed by atoms with E-state index in [0.717, 1.165) is 4.47 Å². The zero-order chi connectivity index (χ0) is 17.7. The quantitative estimate of drug-likeness (QED) is 0.591. The molecular weight excluding hydrogens is 380 g/mol. The fourth-order valence-electron chi connectivity index (χ4n) is 2.25. The lowest BCUT2D eigenvalue weighted by molar-refractivity contribution is -0.119. The summed E-state index contributed by atoms with van der Waals surface area (Å²) in [7, 11) is 0. The first-order chi connectivity index (χ1) is 11.4. The molecule has 24 heavy (non-hydrogen) atoms. The minimum atomic E-state index is -1.11. The third-order valence-electron chi connectivity index (χ3n) is 3.35. The molecule has 0 aliphatic rings. The molecule has 10 heteroatoms. The molecule has 4 N–H and O–H groups in total. The first kappa shape index (κ1) is 17.9. The van der Waals surface area contributed by atoms with Crippen molar-refractivity contribution in [2.24, 2.45) is 5.92 Å². The van der Waals surface area contributed by atoms with Gasteiger partial charge in [0.15, 0.2) is 0 Å². The monoisotopic (exact) mass is 396 g/mol. The van der Waals surface area contributed by atoms with E-state index in [1.807, 2.05) is 0 Å². The molecule has 128 valence electrons. The Labute approximate surface area is 146 Å². The summed E-state index contributed by atoms with van der Waals surface area (Å²) >= 11 is 3.37. The predicted octanol–water partition coefficient (Wildman–Crippen LogP) is 2.25. The Morgan fingerprint density at radius 2 is 2.12 bits per heavy atom. The van der Waals surface area contributed by atoms with Gasteiger partial charge in [-0.05, 0) is 36.8 Å². The summed E-state index contributed by atoms with van der Waals surface area (Å²) < 4.78 is 0.813. The number of nitrogens with one attached hydrogen (secondary N) is 3. The van der Waals surface area contributed by atoms with Crippen LogP contribution in [0.4, 0.5) is 10.5 Å². The highest BCUT2D eigenvalue weighted by atomic mass is 79.9. The Morgan fingerprint density at radius 1 is 1.38 bits per heavy atom. The standard InChI is InChI=1S/C14H17BrN6O3/c1-7(5-8(2)16-14(23)24)13(22)17-11-4-3-9(15)6-10(11)12-18-20-21-19-12/h3-4,6-8,16H,5H2,1-2H3,(H,17,22)(H,23,24)(H,18,19,20,21). The number of hydrogen-bond donors (Lipinski definition) is 4. The number of rotatable bonds is 6. The number of halogens is 1. The highest BCUT2D eigenvalue weighted by Gasteiger charge is 2.19. The van der Waals surface area contributed by atoms with Gasteiger partial charge in [0, 0.05) is 22.0 Å². The summed E-state index contributed by atoms with van der Waals surface area (Å²) in [5.41, 5.74) is 1.17. The van der Waals surface area contributed by atoms with Gasteiger partial charge in [-0.3, -0.25) is 4.79 Å². The van der Waals surface area contributed by atoms with Crippen molar-refractivity contribution in [3.63, 3.8) is 0 Å². The van der Waals surface area contributed by atoms with Crippen LogP contribution in [0.2, 0.25) is 0 Å². The number of carboxylic acid groups (broad SMARTS) is 1. The Balaban J connectivity index is 2.10. The lowest BCUT2D eigenvalue weighted by atomic mass is 10.0. The fourth-order valence-corrected chi connectivity index (χ4v) is 2.61. The van der Waals surface area contributed by atoms with Crippen molar-refractivity contribution in [1.82, 2.24) is 25.9 Å². The van der Waals surface area contributed by atoms with E-state index in [9.17, 15) is 9.59 Å². The topological polar surface area (TPSA) is 133 Å². The Kier molecular flexibility index (Phi) is 5.85. The van der Waals surface area contributed by atoms with Crippen LogP contribution in [0.25, 0.3) is 11.4 Å². The van der Waals surface area contributed by atoms with E-state index in [0.29, 0.717) is 23.5 Å². The van der Waals surface area contributed by atoms with Gasteiger partial charge in [-0.15, -0.1) is 10.2 Å². The molecule has 2 aromatic rings. The van der Waals surface area contributed by atoms with Crippen LogP contribution in [0.5, 0.6) is 0 Å². The SMILES string of the molecule is CC(CC(C)C(=O)Nc1ccc(Br)cc1-c1nn[nH]n1)NC(=O)O. The minimum Gasteiger partial charge on any atom is -0.465 e. The van der Waals surface area contributed by atoms with Crippen LogP contribution < -0.4 is 10.6 Å². The fraction of sp³-hybridized carbons (Fsp3) is 0.357. The Bertz CT molecular complexity index is 721. The molecule has 9 nitrogen and oxygen atoms in total. The molecule has 2 unspecified atom stereocenters. The normalized spacial score (nSPS) is 13.1. The molecule has 0 bridgehead atoms. The molecular formula is C14H17BrN6O3. The first-order valence-electron chi connectivity index (χ1n) is 7.20. The molecule has 2 atom stereocenters. The second-order valence-corrected chi connectivity index (χ2v) is 6.32. The molecule has 0 aliphatic heterocycles. The minimum absolute atomic E-state index is 0.221. The summed E-state index contributed by atoms with van der Waals surface area (Å²) in [5.74, 6) is -0.241. The summed E-state index contributed by atoms with van der Waals surface area (Å²) in [6.45, 7) is 3.45. The van der Waals surface area contributed by atoms with E-state index < -0.39 is 6.09 Å². The van der Waals surface area contributed by atoms with Crippen LogP contribution in [0, 0.1) is 5.92 Å². The van der Waals surface area contributed by atoms with Gasteiger partial charge in [-0.25, -0.2) is 4.79 Å². The van der Waals surface area contributed by atoms with Crippen LogP contribution in [-0.4, -0.2) is 43.8 Å². The summed E-state index contributed by atoms with van der Waals surface area (Å²) in [6, 6.07) is 4.97. The number of anilines is 1. The Morgan fingerprint density at radius 3 is 2.75 bits per heavy atom. The van der Waals surface area contributed by atoms with E-state index in [4.69, 9.17) is 5.11 Å². The van der Waals surface area contributed by atoms with Crippen molar-refractivity contribution in [1.29, 1.82) is 0 Å². The molecule has 1 aromatic carbocycles. The summed E-state index contributed by atoms with van der Waals surface area (Å²) in [6.07, 6.45) is -0.728. The zero-order valence-electron chi connectivity index (χ0n) is 13.1. The van der Waals surface area contributed by atoms with Crippen molar-refractivity contribution in [3.8, 4) is 11.4 Å². The van der Waals surface area contributed by atoms with Crippen molar-refractivity contribution >= 4 is 33.6 Å². The molecule has 1 aromatic heterocycles. The number of H-pyrrole nitrogens is 1. The second kappa shape index (κ2) is 7.86. The van der Waals surface area contributed by atoms with Crippen LogP contribution >= 0.6 is 15.9 Å². The van der Waals surface area contributed by atoms with Gasteiger partial charge in [0.05, 0.1) is 5.69 Å². The molecule has 0 saturated carbocycles. The molecule has 2 amide bonds. The highest BCUT2D eigenvalue weighted by molar-refractivity contribution is 9.10. The number of benzene rings is 1. The summed E-state index contributed by atoms with van der Waals surface area (Å²) in [4.78, 5) is 23.0. The number of hydrogen-bond acceptors (Lipinski definition) is 5. The number of nitrogens with zero attached hydrogens (tertiary/aromatic N) is 3. The van der Waals surface area contributed by atoms with Gasteiger partial charge in [0.25, 0.3) is 0 Å². The van der Waals surface area contributed by atoms with Gasteiger partial charge in [0.2, 0.25) is 11.7 Å². The number of aromatic nitrogens is 4. The van der Waals surface area contributed by atoms with Crippen LogP contribution in [-0.2, 0) is 4.79 Å². The van der Waals surface area contributed by atoms with E-state index in [-0.39, 0.29) is 17.9 Å². The molecule has 0 aliphatic carbocycles. The van der Waals surface area contributed by atoms with E-state index in [1.165, 1.54) is 0 Å². The number of tetrazole rings is 1. The van der Waals surface area contributed by atoms with Gasteiger partial charge < -0.3 is 15.7 Å².